The minimum Gasteiger partial charge on any atom is -0.750 e. The molecule has 2 aromatic carbocycles. The fraction of sp³-hybridized carbons (Fsp3) is 0.250. The van der Waals surface area contributed by atoms with Crippen molar-refractivity contribution >= 4 is 58.4 Å². The Balaban J connectivity index is 0.000000820. The van der Waals surface area contributed by atoms with Crippen LogP contribution in [0.1, 0.15) is 34.7 Å². The zero-order valence-corrected chi connectivity index (χ0v) is 25.5. The normalized spacial score (nSPS) is 12.8. The van der Waals surface area contributed by atoms with Crippen molar-refractivity contribution in [2.75, 3.05) is 0 Å². The molecule has 1 aromatic heterocycles. The third-order valence-electron chi connectivity index (χ3n) is 4.45. The van der Waals surface area contributed by atoms with Gasteiger partial charge in [0.05, 0.1) is 34.2 Å². The van der Waals surface area contributed by atoms with Crippen LogP contribution in [0, 0.1) is 13.8 Å². The number of halogens is 6. The smallest absolute Gasteiger partial charge is 0.750 e. The van der Waals surface area contributed by atoms with E-state index >= 15 is 0 Å². The molecule has 1 atom stereocenters. The van der Waals surface area contributed by atoms with Gasteiger partial charge in [-0.05, 0) is 63.1 Å². The van der Waals surface area contributed by atoms with Gasteiger partial charge in [-0.15, -0.1) is 42.6 Å². The van der Waals surface area contributed by atoms with Crippen molar-refractivity contribution in [3.63, 3.8) is 0 Å². The average Bonchev–Trinajstić information content (AvgIpc) is 3.35. The van der Waals surface area contributed by atoms with Crippen molar-refractivity contribution in [3.05, 3.63) is 81.5 Å². The molecule has 1 heterocycles. The summed E-state index contributed by atoms with van der Waals surface area (Å²) in [6, 6.07) is 20.7. The fourth-order valence-electron chi connectivity index (χ4n) is 2.71. The molecule has 0 fully saturated rings. The summed E-state index contributed by atoms with van der Waals surface area (Å²) in [6.45, 7) is 8.31. The molecule has 0 radical (unpaired) electrons. The summed E-state index contributed by atoms with van der Waals surface area (Å²) >= 11 is 1.70. The van der Waals surface area contributed by atoms with Gasteiger partial charge in [0, 0.05) is 9.75 Å². The third-order valence-corrected chi connectivity index (χ3v) is 6.13. The maximum Gasteiger partial charge on any atom is 2.00 e. The molecule has 1 unspecified atom stereocenters. The molecule has 3 rings (SSSR count). The molecule has 42 heavy (non-hydrogen) atoms. The Labute approximate surface area is 260 Å². The minimum absolute atomic E-state index is 0. The summed E-state index contributed by atoms with van der Waals surface area (Å²) < 4.78 is 87.9. The predicted molar refractivity (Wildman–Crippen MR) is 143 cm³/mol. The van der Waals surface area contributed by atoms with E-state index in [0.29, 0.717) is 0 Å². The molecule has 0 amide bonds. The molecule has 0 aliphatic heterocycles. The van der Waals surface area contributed by atoms with Gasteiger partial charge in [-0.25, -0.2) is 8.39 Å². The number of aliphatic imine (C=N–C) groups is 2. The molecule has 0 saturated heterocycles. The first-order valence-electron chi connectivity index (χ1n) is 10.9. The molecule has 0 spiro atoms. The third kappa shape index (κ3) is 17.1. The Morgan fingerprint density at radius 1 is 0.810 bits per heavy atom. The summed E-state index contributed by atoms with van der Waals surface area (Å²) in [5, 5.41) is 2.89. The van der Waals surface area contributed by atoms with Crippen LogP contribution in [-0.4, -0.2) is 32.9 Å². The van der Waals surface area contributed by atoms with E-state index in [-0.39, 0.29) is 17.1 Å². The number of para-hydroxylation sites is 2. The Bertz CT molecular complexity index is 1260. The van der Waals surface area contributed by atoms with Crippen molar-refractivity contribution in [2.45, 2.75) is 40.4 Å². The number of benzene rings is 2. The van der Waals surface area contributed by atoms with Gasteiger partial charge in [-0.1, -0.05) is 41.4 Å². The van der Waals surface area contributed by atoms with Gasteiger partial charge >= 0.3 is 29.8 Å². The number of hydrogen-bond acceptors (Lipinski definition) is 10. The SMILES string of the molecule is CC(=Nc1ccccc1C)c1ccc(C(C)=Nc2ccccc2C)s1.FC(F)(F)OOO[S-].O=S([O-])OC(F)(F)F.[Fe+2]. The van der Waals surface area contributed by atoms with Gasteiger partial charge in [0.25, 0.3) is 0 Å². The number of hydrogen-bond donors (Lipinski definition) is 0. The number of thiophene rings is 1. The van der Waals surface area contributed by atoms with Crippen molar-refractivity contribution in [3.8, 4) is 0 Å². The topological polar surface area (TPSA) is 102 Å². The van der Waals surface area contributed by atoms with Gasteiger partial charge in [-0.2, -0.15) is 0 Å². The van der Waals surface area contributed by atoms with Crippen LogP contribution in [-0.2, 0) is 59.8 Å². The van der Waals surface area contributed by atoms with E-state index < -0.39 is 24.1 Å². The van der Waals surface area contributed by atoms with Crippen LogP contribution in [0.2, 0.25) is 0 Å². The summed E-state index contributed by atoms with van der Waals surface area (Å²) in [4.78, 5) is 14.5. The largest absolute Gasteiger partial charge is 2.00 e. The molecule has 0 aliphatic rings. The van der Waals surface area contributed by atoms with Crippen LogP contribution >= 0.6 is 11.3 Å². The van der Waals surface area contributed by atoms with Gasteiger partial charge in [-0.3, -0.25) is 9.98 Å². The van der Waals surface area contributed by atoms with E-state index in [4.69, 9.17) is 18.7 Å². The molecule has 8 nitrogen and oxygen atoms in total. The van der Waals surface area contributed by atoms with Gasteiger partial charge < -0.3 is 21.8 Å². The number of aryl methyl sites for hydroxylation is 2. The van der Waals surface area contributed by atoms with E-state index in [1.807, 2.05) is 24.3 Å². The number of nitrogens with zero attached hydrogens (tertiary/aromatic N) is 2. The monoisotopic (exact) mass is 700 g/mol. The summed E-state index contributed by atoms with van der Waals surface area (Å²) in [5.74, 6) is 0. The Morgan fingerprint density at radius 2 is 1.21 bits per heavy atom. The fourth-order valence-corrected chi connectivity index (χ4v) is 3.78. The first kappa shape index (κ1) is 39.9. The Hall–Kier alpha value is -2.12. The number of rotatable bonds is 7. The van der Waals surface area contributed by atoms with Crippen LogP contribution in [0.4, 0.5) is 37.7 Å². The van der Waals surface area contributed by atoms with Crippen LogP contribution in [0.5, 0.6) is 0 Å². The zero-order chi connectivity index (χ0) is 31.2. The average molecular weight is 700 g/mol. The van der Waals surface area contributed by atoms with E-state index in [1.165, 1.54) is 20.9 Å². The Morgan fingerprint density at radius 3 is 1.48 bits per heavy atom. The second-order valence-electron chi connectivity index (χ2n) is 7.53. The summed E-state index contributed by atoms with van der Waals surface area (Å²) in [6.07, 6.45) is -9.95. The molecular formula is C24H22F6FeN2O6S3. The quantitative estimate of drug-likeness (QED) is 0.0472. The van der Waals surface area contributed by atoms with E-state index in [0.717, 1.165) is 22.8 Å². The van der Waals surface area contributed by atoms with Crippen LogP contribution in [0.3, 0.4) is 0 Å². The maximum absolute atomic E-state index is 10.8. The maximum atomic E-state index is 10.8. The molecule has 0 bridgehead atoms. The van der Waals surface area contributed by atoms with Crippen LogP contribution in [0.25, 0.3) is 0 Å². The first-order valence-corrected chi connectivity index (χ1v) is 13.1. The second kappa shape index (κ2) is 19.2. The molecule has 0 aliphatic carbocycles. The minimum atomic E-state index is -5.09. The van der Waals surface area contributed by atoms with Crippen molar-refractivity contribution < 1.29 is 70.6 Å². The molecule has 3 aromatic rings. The van der Waals surface area contributed by atoms with Gasteiger partial charge in [0.1, 0.15) is 0 Å². The predicted octanol–water partition coefficient (Wildman–Crippen LogP) is 7.81. The van der Waals surface area contributed by atoms with Crippen molar-refractivity contribution in [2.24, 2.45) is 9.98 Å². The second-order valence-corrected chi connectivity index (χ2v) is 9.32. The molecule has 18 heteroatoms. The molecule has 232 valence electrons. The summed E-state index contributed by atoms with van der Waals surface area (Å²) in [5.41, 5.74) is 6.51. The van der Waals surface area contributed by atoms with Crippen LogP contribution in [0.15, 0.2) is 70.6 Å². The van der Waals surface area contributed by atoms with Gasteiger partial charge in [0.2, 0.25) is 0 Å². The van der Waals surface area contributed by atoms with E-state index in [9.17, 15) is 26.3 Å². The standard InChI is InChI=1S/C22H22N2S.2CHF3O3S.Fe/c1-15-9-5-7-11-19(15)23-17(3)21-13-14-22(25-21)18(4)24-20-12-8-6-10-16(20)2;2-1(3,4)7-8(5)6;2-1(3,4)5-6-7-8;/h5-14H,1-4H3;(H,5,6);8H;/q;;;+2/p-2. The van der Waals surface area contributed by atoms with Crippen molar-refractivity contribution in [1.82, 2.24) is 0 Å². The molecule has 0 saturated carbocycles. The molecular weight excluding hydrogens is 678 g/mol. The summed E-state index contributed by atoms with van der Waals surface area (Å²) in [7, 11) is 0. The van der Waals surface area contributed by atoms with Gasteiger partial charge in [0.15, 0.2) is 0 Å². The zero-order valence-electron chi connectivity index (χ0n) is 22.0. The van der Waals surface area contributed by atoms with E-state index in [2.05, 4.69) is 95.4 Å². The van der Waals surface area contributed by atoms with E-state index in [1.54, 1.807) is 11.3 Å². The van der Waals surface area contributed by atoms with Crippen molar-refractivity contribution in [1.29, 1.82) is 0 Å². The first-order chi connectivity index (χ1) is 19.0. The Kier molecular flexibility index (Phi) is 18.2. The number of alkyl halides is 6. The molecule has 0 N–H and O–H groups in total. The van der Waals surface area contributed by atoms with Crippen LogP contribution < -0.4 is 0 Å².